The number of nitrogens with one attached hydrogen (secondary N) is 2. The highest BCUT2D eigenvalue weighted by molar-refractivity contribution is 5.59. The second-order valence-corrected chi connectivity index (χ2v) is 5.23. The Morgan fingerprint density at radius 2 is 2.33 bits per heavy atom. The van der Waals surface area contributed by atoms with Gasteiger partial charge in [0.1, 0.15) is 0 Å². The van der Waals surface area contributed by atoms with Gasteiger partial charge in [-0.2, -0.15) is 0 Å². The molecule has 0 aromatic heterocycles. The maximum Gasteiger partial charge on any atom is 0.0434 e. The van der Waals surface area contributed by atoms with Crippen LogP contribution in [0.15, 0.2) is 18.2 Å². The van der Waals surface area contributed by atoms with Gasteiger partial charge in [0.2, 0.25) is 0 Å². The largest absolute Gasteiger partial charge is 0.396 e. The Kier molecular flexibility index (Phi) is 5.02. The zero-order valence-electron chi connectivity index (χ0n) is 11.2. The molecular weight excluding hydrogens is 224 g/mol. The smallest absolute Gasteiger partial charge is 0.0434 e. The van der Waals surface area contributed by atoms with Gasteiger partial charge in [0.15, 0.2) is 0 Å². The maximum absolute atomic E-state index is 8.87. The Morgan fingerprint density at radius 3 is 3.17 bits per heavy atom. The van der Waals surface area contributed by atoms with Gasteiger partial charge >= 0.3 is 0 Å². The van der Waals surface area contributed by atoms with Crippen LogP contribution in [-0.2, 0) is 13.0 Å². The van der Waals surface area contributed by atoms with Crippen LogP contribution in [0.1, 0.15) is 30.9 Å². The fourth-order valence-electron chi connectivity index (χ4n) is 2.50. The lowest BCUT2D eigenvalue weighted by molar-refractivity contribution is 0.260. The summed E-state index contributed by atoms with van der Waals surface area (Å²) in [6.07, 6.45) is 3.30. The summed E-state index contributed by atoms with van der Waals surface area (Å²) in [4.78, 5) is 0. The lowest BCUT2D eigenvalue weighted by Crippen LogP contribution is -2.23. The van der Waals surface area contributed by atoms with Crippen LogP contribution < -0.4 is 10.6 Å². The lowest BCUT2D eigenvalue weighted by Gasteiger charge is -2.21. The van der Waals surface area contributed by atoms with Gasteiger partial charge < -0.3 is 15.7 Å². The van der Waals surface area contributed by atoms with Crippen LogP contribution in [0.4, 0.5) is 5.69 Å². The van der Waals surface area contributed by atoms with Gasteiger partial charge in [-0.15, -0.1) is 0 Å². The molecule has 3 heteroatoms. The molecule has 0 saturated heterocycles. The van der Waals surface area contributed by atoms with Gasteiger partial charge in [0.05, 0.1) is 0 Å². The summed E-state index contributed by atoms with van der Waals surface area (Å²) in [5.41, 5.74) is 4.15. The predicted molar refractivity (Wildman–Crippen MR) is 75.8 cm³/mol. The third-order valence-electron chi connectivity index (χ3n) is 3.59. The zero-order chi connectivity index (χ0) is 12.8. The number of aryl methyl sites for hydroxylation is 1. The topological polar surface area (TPSA) is 44.3 Å². The highest BCUT2D eigenvalue weighted by Gasteiger charge is 2.11. The molecule has 18 heavy (non-hydrogen) atoms. The molecule has 1 aliphatic heterocycles. The van der Waals surface area contributed by atoms with E-state index in [9.17, 15) is 0 Å². The quantitative estimate of drug-likeness (QED) is 0.723. The minimum Gasteiger partial charge on any atom is -0.396 e. The minimum absolute atomic E-state index is 0.283. The molecule has 1 aromatic rings. The molecule has 1 heterocycles. The third kappa shape index (κ3) is 3.47. The van der Waals surface area contributed by atoms with E-state index in [2.05, 4.69) is 35.8 Å². The number of para-hydroxylation sites is 1. The van der Waals surface area contributed by atoms with E-state index in [4.69, 9.17) is 5.11 Å². The Morgan fingerprint density at radius 1 is 1.44 bits per heavy atom. The number of aliphatic hydroxyl groups excluding tert-OH is 1. The van der Waals surface area contributed by atoms with Gasteiger partial charge in [0, 0.05) is 25.4 Å². The van der Waals surface area contributed by atoms with E-state index in [1.54, 1.807) is 0 Å². The summed E-state index contributed by atoms with van der Waals surface area (Å²) in [5, 5.41) is 15.9. The molecule has 1 atom stereocenters. The van der Waals surface area contributed by atoms with Crippen LogP contribution in [0, 0.1) is 5.92 Å². The summed E-state index contributed by atoms with van der Waals surface area (Å²) in [6.45, 7) is 5.41. The molecule has 0 radical (unpaired) electrons. The van der Waals surface area contributed by atoms with Crippen molar-refractivity contribution in [2.24, 2.45) is 5.92 Å². The van der Waals surface area contributed by atoms with Gasteiger partial charge in [0.25, 0.3) is 0 Å². The first-order valence-electron chi connectivity index (χ1n) is 6.97. The Hall–Kier alpha value is -1.06. The highest BCUT2D eigenvalue weighted by atomic mass is 16.3. The van der Waals surface area contributed by atoms with Crippen molar-refractivity contribution in [2.75, 3.05) is 25.0 Å². The molecule has 0 fully saturated rings. The molecule has 0 amide bonds. The van der Waals surface area contributed by atoms with E-state index in [1.165, 1.54) is 29.7 Å². The third-order valence-corrected chi connectivity index (χ3v) is 3.59. The number of rotatable bonds is 6. The molecule has 0 bridgehead atoms. The van der Waals surface area contributed by atoms with Crippen molar-refractivity contribution in [3.8, 4) is 0 Å². The fourth-order valence-corrected chi connectivity index (χ4v) is 2.50. The maximum atomic E-state index is 8.87. The standard InChI is InChI=1S/C15H24N2O/c1-12(7-9-18)10-16-11-14-5-2-4-13-6-3-8-17-15(13)14/h2,4-5,12,16-18H,3,6-11H2,1H3. The van der Waals surface area contributed by atoms with Crippen molar-refractivity contribution < 1.29 is 5.11 Å². The molecule has 1 aliphatic rings. The molecular formula is C15H24N2O. The second-order valence-electron chi connectivity index (χ2n) is 5.23. The molecule has 2 rings (SSSR count). The Balaban J connectivity index is 1.89. The van der Waals surface area contributed by atoms with Crippen molar-refractivity contribution in [1.29, 1.82) is 0 Å². The molecule has 100 valence electrons. The molecule has 0 saturated carbocycles. The van der Waals surface area contributed by atoms with Crippen LogP contribution in [-0.4, -0.2) is 24.8 Å². The van der Waals surface area contributed by atoms with Crippen LogP contribution >= 0.6 is 0 Å². The fraction of sp³-hybridized carbons (Fsp3) is 0.600. The van der Waals surface area contributed by atoms with E-state index in [-0.39, 0.29) is 6.61 Å². The summed E-state index contributed by atoms with van der Waals surface area (Å²) in [7, 11) is 0. The number of anilines is 1. The first kappa shape index (κ1) is 13.4. The van der Waals surface area contributed by atoms with Crippen LogP contribution in [0.25, 0.3) is 0 Å². The van der Waals surface area contributed by atoms with E-state index < -0.39 is 0 Å². The minimum atomic E-state index is 0.283. The monoisotopic (exact) mass is 248 g/mol. The number of aliphatic hydroxyl groups is 1. The summed E-state index contributed by atoms with van der Waals surface area (Å²) in [5.74, 6) is 0.530. The molecule has 3 N–H and O–H groups in total. The molecule has 0 spiro atoms. The number of benzene rings is 1. The van der Waals surface area contributed by atoms with E-state index in [0.717, 1.165) is 26.1 Å². The van der Waals surface area contributed by atoms with Crippen molar-refractivity contribution in [3.63, 3.8) is 0 Å². The van der Waals surface area contributed by atoms with Gasteiger partial charge in [-0.1, -0.05) is 25.1 Å². The van der Waals surface area contributed by atoms with Gasteiger partial charge in [-0.25, -0.2) is 0 Å². The average molecular weight is 248 g/mol. The SMILES string of the molecule is CC(CCO)CNCc1cccc2c1NCCC2. The van der Waals surface area contributed by atoms with Crippen molar-refractivity contribution in [3.05, 3.63) is 29.3 Å². The van der Waals surface area contributed by atoms with Crippen LogP contribution in [0.5, 0.6) is 0 Å². The molecule has 0 aliphatic carbocycles. The number of fused-ring (bicyclic) bond motifs is 1. The zero-order valence-corrected chi connectivity index (χ0v) is 11.2. The Bertz CT molecular complexity index is 379. The highest BCUT2D eigenvalue weighted by Crippen LogP contribution is 2.25. The van der Waals surface area contributed by atoms with Crippen molar-refractivity contribution >= 4 is 5.69 Å². The Labute approximate surface area is 110 Å². The van der Waals surface area contributed by atoms with Crippen LogP contribution in [0.3, 0.4) is 0 Å². The van der Waals surface area contributed by atoms with E-state index in [1.807, 2.05) is 0 Å². The van der Waals surface area contributed by atoms with E-state index in [0.29, 0.717) is 5.92 Å². The second kappa shape index (κ2) is 6.76. The van der Waals surface area contributed by atoms with Crippen molar-refractivity contribution in [1.82, 2.24) is 5.32 Å². The normalized spacial score (nSPS) is 15.9. The first-order chi connectivity index (χ1) is 8.81. The van der Waals surface area contributed by atoms with Gasteiger partial charge in [-0.3, -0.25) is 0 Å². The molecule has 1 aromatic carbocycles. The van der Waals surface area contributed by atoms with Gasteiger partial charge in [-0.05, 0) is 42.9 Å². The van der Waals surface area contributed by atoms with Crippen LogP contribution in [0.2, 0.25) is 0 Å². The molecule has 1 unspecified atom stereocenters. The average Bonchev–Trinajstić information content (AvgIpc) is 2.39. The number of hydrogen-bond donors (Lipinski definition) is 3. The van der Waals surface area contributed by atoms with Crippen molar-refractivity contribution in [2.45, 2.75) is 32.7 Å². The van der Waals surface area contributed by atoms with E-state index >= 15 is 0 Å². The molecule has 3 nitrogen and oxygen atoms in total. The predicted octanol–water partition coefficient (Wildman–Crippen LogP) is 2.15. The summed E-state index contributed by atoms with van der Waals surface area (Å²) in [6, 6.07) is 6.57. The summed E-state index contributed by atoms with van der Waals surface area (Å²) >= 11 is 0. The number of hydrogen-bond acceptors (Lipinski definition) is 3. The summed E-state index contributed by atoms with van der Waals surface area (Å²) < 4.78 is 0. The first-order valence-corrected chi connectivity index (χ1v) is 6.97. The lowest BCUT2D eigenvalue weighted by atomic mass is 9.99.